The smallest absolute Gasteiger partial charge is 0.127 e. The van der Waals surface area contributed by atoms with Crippen LogP contribution in [0.4, 0.5) is 5.82 Å². The van der Waals surface area contributed by atoms with Gasteiger partial charge in [-0.1, -0.05) is 54.1 Å². The number of nitrogens with zero attached hydrogens (tertiary/aromatic N) is 2. The lowest BCUT2D eigenvalue weighted by molar-refractivity contribution is -0.0730. The van der Waals surface area contributed by atoms with Crippen molar-refractivity contribution < 1.29 is 9.47 Å². The van der Waals surface area contributed by atoms with Crippen molar-refractivity contribution in [2.45, 2.75) is 44.2 Å². The van der Waals surface area contributed by atoms with Gasteiger partial charge in [0.05, 0.1) is 24.4 Å². The maximum atomic E-state index is 6.16. The van der Waals surface area contributed by atoms with Crippen molar-refractivity contribution in [3.05, 3.63) is 83.1 Å². The summed E-state index contributed by atoms with van der Waals surface area (Å²) in [5.41, 5.74) is 3.74. The highest BCUT2D eigenvalue weighted by molar-refractivity contribution is 6.30. The topological polar surface area (TPSA) is 46.6 Å². The molecule has 0 radical (unpaired) electrons. The Labute approximate surface area is 218 Å². The van der Waals surface area contributed by atoms with Crippen LogP contribution in [0.3, 0.4) is 0 Å². The lowest BCUT2D eigenvalue weighted by atomic mass is 9.75. The van der Waals surface area contributed by atoms with Gasteiger partial charge in [0.25, 0.3) is 0 Å². The van der Waals surface area contributed by atoms with Crippen LogP contribution in [0.25, 0.3) is 5.57 Å². The van der Waals surface area contributed by atoms with Gasteiger partial charge in [-0.2, -0.15) is 0 Å². The van der Waals surface area contributed by atoms with E-state index in [4.69, 9.17) is 26.1 Å². The van der Waals surface area contributed by atoms with Crippen molar-refractivity contribution in [1.82, 2.24) is 9.88 Å². The largest absolute Gasteiger partial charge is 0.493 e. The van der Waals surface area contributed by atoms with Gasteiger partial charge in [0.15, 0.2) is 0 Å². The van der Waals surface area contributed by atoms with Gasteiger partial charge < -0.3 is 14.8 Å². The molecule has 2 aromatic rings. The highest BCUT2D eigenvalue weighted by Crippen LogP contribution is 2.39. The van der Waals surface area contributed by atoms with E-state index < -0.39 is 0 Å². The number of aromatic nitrogens is 1. The van der Waals surface area contributed by atoms with Gasteiger partial charge in [-0.25, -0.2) is 4.98 Å². The molecule has 188 valence electrons. The van der Waals surface area contributed by atoms with E-state index in [1.54, 1.807) is 0 Å². The Bertz CT molecular complexity index is 1190. The summed E-state index contributed by atoms with van der Waals surface area (Å²) >= 11 is 6.16. The molecule has 1 N–H and O–H groups in total. The van der Waals surface area contributed by atoms with Crippen LogP contribution in [0, 0.1) is 5.41 Å². The van der Waals surface area contributed by atoms with Gasteiger partial charge in [-0.3, -0.25) is 4.90 Å². The van der Waals surface area contributed by atoms with Crippen LogP contribution in [0.15, 0.2) is 66.8 Å². The lowest BCUT2D eigenvalue weighted by Gasteiger charge is -2.42. The minimum atomic E-state index is 0.165. The zero-order valence-electron chi connectivity index (χ0n) is 20.7. The predicted octanol–water partition coefficient (Wildman–Crippen LogP) is 6.44. The minimum Gasteiger partial charge on any atom is -0.493 e. The summed E-state index contributed by atoms with van der Waals surface area (Å²) in [5.74, 6) is 1.77. The molecule has 1 aliphatic carbocycles. The van der Waals surface area contributed by atoms with Gasteiger partial charge in [0.1, 0.15) is 11.6 Å². The van der Waals surface area contributed by atoms with Gasteiger partial charge in [-0.15, -0.1) is 0 Å². The number of anilines is 1. The standard InChI is InChI=1S/C30H34ClN3O2/c31-23-7-8-25-27(12-18-36-28(25)19-23)33-29-6-4-5-26(32-29)22-9-15-34(16-10-22)21-30(13-2-1-3-14-30)20-24-11-17-35-24/h1-9,13,19,24,27H,10-12,14-18,20-21H2,(H,32,33)/t24-,27?,30?/m1/s1. The molecule has 2 unspecified atom stereocenters. The molecule has 1 aromatic carbocycles. The summed E-state index contributed by atoms with van der Waals surface area (Å²) < 4.78 is 11.6. The van der Waals surface area contributed by atoms with Crippen LogP contribution in [0.2, 0.25) is 5.02 Å². The second kappa shape index (κ2) is 10.4. The molecular weight excluding hydrogens is 470 g/mol. The fourth-order valence-corrected chi connectivity index (χ4v) is 6.02. The molecule has 3 aliphatic heterocycles. The van der Waals surface area contributed by atoms with Crippen molar-refractivity contribution in [1.29, 1.82) is 0 Å². The van der Waals surface area contributed by atoms with E-state index in [-0.39, 0.29) is 11.5 Å². The molecule has 0 spiro atoms. The van der Waals surface area contributed by atoms with Crippen LogP contribution >= 0.6 is 11.6 Å². The number of nitrogens with one attached hydrogen (secondary N) is 1. The number of hydrogen-bond acceptors (Lipinski definition) is 5. The van der Waals surface area contributed by atoms with Crippen LogP contribution in [-0.4, -0.2) is 48.8 Å². The van der Waals surface area contributed by atoms with Crippen LogP contribution < -0.4 is 10.1 Å². The fraction of sp³-hybridized carbons (Fsp3) is 0.433. The number of ether oxygens (including phenoxy) is 2. The SMILES string of the molecule is Clc1ccc2c(c1)OCCC2Nc1cccc(C2=CCN(CC3(C[C@H]4CCO4)C=CC=CC3)CC2)n1. The first-order valence-electron chi connectivity index (χ1n) is 13.2. The molecule has 6 rings (SSSR count). The van der Waals surface area contributed by atoms with E-state index in [0.29, 0.717) is 17.7 Å². The number of benzene rings is 1. The monoisotopic (exact) mass is 503 g/mol. The summed E-state index contributed by atoms with van der Waals surface area (Å²) in [6.45, 7) is 4.70. The summed E-state index contributed by atoms with van der Waals surface area (Å²) in [7, 11) is 0. The average Bonchev–Trinajstić information content (AvgIpc) is 2.88. The normalized spacial score (nSPS) is 27.5. The molecule has 0 amide bonds. The third-order valence-corrected chi connectivity index (χ3v) is 8.13. The molecule has 5 nitrogen and oxygen atoms in total. The second-order valence-electron chi connectivity index (χ2n) is 10.5. The van der Waals surface area contributed by atoms with Crippen LogP contribution in [0.1, 0.15) is 49.4 Å². The molecule has 3 atom stereocenters. The quantitative estimate of drug-likeness (QED) is 0.471. The summed E-state index contributed by atoms with van der Waals surface area (Å²) in [6, 6.07) is 12.3. The zero-order chi connectivity index (χ0) is 24.4. The maximum absolute atomic E-state index is 6.16. The molecular formula is C30H34ClN3O2. The van der Waals surface area contributed by atoms with Crippen molar-refractivity contribution in [2.75, 3.05) is 38.2 Å². The predicted molar refractivity (Wildman–Crippen MR) is 146 cm³/mol. The van der Waals surface area contributed by atoms with Crippen molar-refractivity contribution in [2.24, 2.45) is 5.41 Å². The first-order chi connectivity index (χ1) is 17.7. The number of halogens is 1. The Morgan fingerprint density at radius 1 is 1.14 bits per heavy atom. The molecule has 1 saturated heterocycles. The summed E-state index contributed by atoms with van der Waals surface area (Å²) in [6.07, 6.45) is 17.3. The molecule has 4 heterocycles. The minimum absolute atomic E-state index is 0.165. The van der Waals surface area contributed by atoms with Crippen molar-refractivity contribution >= 4 is 23.0 Å². The third-order valence-electron chi connectivity index (χ3n) is 7.90. The number of pyridine rings is 1. The number of allylic oxidation sites excluding steroid dienone is 3. The number of rotatable bonds is 7. The Morgan fingerprint density at radius 3 is 2.86 bits per heavy atom. The van der Waals surface area contributed by atoms with E-state index in [1.165, 1.54) is 12.0 Å². The van der Waals surface area contributed by atoms with Crippen molar-refractivity contribution in [3.8, 4) is 5.75 Å². The third kappa shape index (κ3) is 5.24. The Hall–Kier alpha value is -2.60. The molecule has 1 aromatic heterocycles. The highest BCUT2D eigenvalue weighted by atomic mass is 35.5. The van der Waals surface area contributed by atoms with E-state index in [2.05, 4.69) is 64.9 Å². The second-order valence-corrected chi connectivity index (χ2v) is 10.9. The summed E-state index contributed by atoms with van der Waals surface area (Å²) in [4.78, 5) is 7.59. The van der Waals surface area contributed by atoms with Crippen LogP contribution in [0.5, 0.6) is 5.75 Å². The molecule has 0 saturated carbocycles. The first kappa shape index (κ1) is 23.8. The maximum Gasteiger partial charge on any atom is 0.127 e. The fourth-order valence-electron chi connectivity index (χ4n) is 5.86. The Morgan fingerprint density at radius 2 is 2.08 bits per heavy atom. The van der Waals surface area contributed by atoms with E-state index in [1.807, 2.05) is 12.1 Å². The zero-order valence-corrected chi connectivity index (χ0v) is 21.4. The van der Waals surface area contributed by atoms with Crippen molar-refractivity contribution in [3.63, 3.8) is 0 Å². The average molecular weight is 504 g/mol. The molecule has 36 heavy (non-hydrogen) atoms. The highest BCUT2D eigenvalue weighted by Gasteiger charge is 2.35. The number of fused-ring (bicyclic) bond motifs is 1. The van der Waals surface area contributed by atoms with Gasteiger partial charge in [0.2, 0.25) is 0 Å². The molecule has 0 bridgehead atoms. The molecule has 1 fully saturated rings. The molecule has 4 aliphatic rings. The first-order valence-corrected chi connectivity index (χ1v) is 13.6. The summed E-state index contributed by atoms with van der Waals surface area (Å²) in [5, 5.41) is 4.34. The molecule has 6 heteroatoms. The van der Waals surface area contributed by atoms with E-state index in [9.17, 15) is 0 Å². The van der Waals surface area contributed by atoms with Crippen LogP contribution in [-0.2, 0) is 4.74 Å². The Balaban J connectivity index is 1.12. The van der Waals surface area contributed by atoms with Gasteiger partial charge in [0, 0.05) is 48.7 Å². The Kier molecular flexibility index (Phi) is 6.87. The number of hydrogen-bond donors (Lipinski definition) is 1. The van der Waals surface area contributed by atoms with E-state index >= 15 is 0 Å². The lowest BCUT2D eigenvalue weighted by Crippen LogP contribution is -2.43. The van der Waals surface area contributed by atoms with E-state index in [0.717, 1.165) is 74.7 Å². The van der Waals surface area contributed by atoms with Gasteiger partial charge >= 0.3 is 0 Å². The van der Waals surface area contributed by atoms with Gasteiger partial charge in [-0.05, 0) is 55.5 Å².